The molecule has 398 valence electrons. The number of ether oxygens (including phenoxy) is 1. The molecule has 0 atom stereocenters. The molecule has 5 heterocycles. The van der Waals surface area contributed by atoms with E-state index in [9.17, 15) is 10.5 Å². The number of rotatable bonds is 0. The molecule has 1 spiro atoms. The second-order valence-electron chi connectivity index (χ2n) is 27.8. The topological polar surface area (TPSA) is 74.3 Å². The molecule has 14 aliphatic rings. The molecule has 4 aromatic heterocycles. The molecular formula is C77H54N6O. The van der Waals surface area contributed by atoms with E-state index in [4.69, 9.17) is 17.9 Å². The van der Waals surface area contributed by atoms with Crippen LogP contribution >= 0.6 is 0 Å². The van der Waals surface area contributed by atoms with E-state index in [0.717, 1.165) is 170 Å². The van der Waals surface area contributed by atoms with Gasteiger partial charge in [-0.2, -0.15) is 10.5 Å². The fourth-order valence-electron chi connectivity index (χ4n) is 22.3. The first-order valence-corrected chi connectivity index (χ1v) is 31.8. The lowest BCUT2D eigenvalue weighted by atomic mass is 9.63. The predicted octanol–water partition coefficient (Wildman–Crippen LogP) is 20.3. The lowest BCUT2D eigenvalue weighted by Gasteiger charge is -2.41. The van der Waals surface area contributed by atoms with Crippen molar-refractivity contribution < 1.29 is 4.74 Å². The third-order valence-electron chi connectivity index (χ3n) is 25.1. The van der Waals surface area contributed by atoms with Crippen LogP contribution in [0.4, 0.5) is 11.4 Å². The molecule has 0 saturated heterocycles. The summed E-state index contributed by atoms with van der Waals surface area (Å²) in [5, 5.41) is 33.2. The molecule has 4 fully saturated rings. The van der Waals surface area contributed by atoms with Crippen molar-refractivity contribution in [3.05, 3.63) is 186 Å². The summed E-state index contributed by atoms with van der Waals surface area (Å²) in [5.74, 6) is 4.64. The van der Waals surface area contributed by atoms with E-state index in [1.807, 2.05) is 0 Å². The van der Waals surface area contributed by atoms with Gasteiger partial charge in [-0.3, -0.25) is 0 Å². The van der Waals surface area contributed by atoms with Crippen molar-refractivity contribution in [3.63, 3.8) is 0 Å². The Morgan fingerprint density at radius 2 is 0.798 bits per heavy atom. The van der Waals surface area contributed by atoms with Gasteiger partial charge in [-0.1, -0.05) is 36.4 Å². The number of nitriles is 2. The second-order valence-corrected chi connectivity index (χ2v) is 27.8. The van der Waals surface area contributed by atoms with Gasteiger partial charge in [0.1, 0.15) is 11.5 Å². The van der Waals surface area contributed by atoms with Gasteiger partial charge in [-0.25, -0.2) is 9.69 Å². The number of hydrogen-bond acceptors (Lipinski definition) is 3. The molecular weight excluding hydrogens is 1020 g/mol. The van der Waals surface area contributed by atoms with Crippen LogP contribution in [0.5, 0.6) is 11.5 Å². The predicted molar refractivity (Wildman–Crippen MR) is 331 cm³/mol. The van der Waals surface area contributed by atoms with Gasteiger partial charge >= 0.3 is 0 Å². The Kier molecular flexibility index (Phi) is 7.82. The van der Waals surface area contributed by atoms with Crippen molar-refractivity contribution >= 4 is 87.6 Å². The van der Waals surface area contributed by atoms with Crippen molar-refractivity contribution in [1.29, 1.82) is 10.5 Å². The van der Waals surface area contributed by atoms with Crippen molar-refractivity contribution in [1.82, 2.24) is 8.80 Å². The van der Waals surface area contributed by atoms with Gasteiger partial charge in [0.05, 0.1) is 63.9 Å². The van der Waals surface area contributed by atoms with Gasteiger partial charge in [0.2, 0.25) is 0 Å². The quantitative estimate of drug-likeness (QED) is 0.142. The third-order valence-corrected chi connectivity index (χ3v) is 25.1. The SMILES string of the molecule is [C-]#[N+]c1cc2c(c3c1C1CCC3CC1)c1cc3c(c4c5c6c(c([N+]#[C-])cc5n2c14)C1CCC6CC1)C1(c2ccccc2Oc2ccccc21)c1cc2c4c5c(c(C#N)cc4n4c6cc(C#N)c7c(c6c(c1-3)c24)C1CCC7CC1)C1CCC5CC1. The highest BCUT2D eigenvalue weighted by Crippen LogP contribution is 2.71. The maximum Gasteiger partial charge on any atom is 0.193 e. The summed E-state index contributed by atoms with van der Waals surface area (Å²) < 4.78 is 12.4. The van der Waals surface area contributed by atoms with E-state index in [0.29, 0.717) is 47.3 Å². The highest BCUT2D eigenvalue weighted by Gasteiger charge is 2.56. The molecule has 1 aliphatic heterocycles. The Balaban J connectivity index is 1.05. The van der Waals surface area contributed by atoms with Gasteiger partial charge in [0, 0.05) is 65.3 Å². The van der Waals surface area contributed by atoms with E-state index in [-0.39, 0.29) is 0 Å². The van der Waals surface area contributed by atoms with Crippen LogP contribution in [0.1, 0.15) is 228 Å². The first-order chi connectivity index (χ1) is 41.5. The molecule has 8 bridgehead atoms. The summed E-state index contributed by atoms with van der Waals surface area (Å²) in [6, 6.07) is 38.1. The molecule has 84 heavy (non-hydrogen) atoms. The molecule has 4 saturated carbocycles. The van der Waals surface area contributed by atoms with Crippen LogP contribution in [0.2, 0.25) is 0 Å². The van der Waals surface area contributed by atoms with Crippen molar-refractivity contribution in [2.24, 2.45) is 0 Å². The summed E-state index contributed by atoms with van der Waals surface area (Å²) in [6.07, 6.45) is 18.1. The molecule has 26 rings (SSSR count). The molecule has 0 unspecified atom stereocenters. The van der Waals surface area contributed by atoms with E-state index in [1.165, 1.54) is 121 Å². The Labute approximate surface area is 485 Å². The first kappa shape index (κ1) is 44.7. The van der Waals surface area contributed by atoms with E-state index in [1.54, 1.807) is 0 Å². The highest BCUT2D eigenvalue weighted by atomic mass is 16.5. The Bertz CT molecular complexity index is 5370. The number of benzene rings is 8. The number of para-hydroxylation sites is 2. The second kappa shape index (κ2) is 14.7. The summed E-state index contributed by atoms with van der Waals surface area (Å²) in [4.78, 5) is 8.97. The zero-order chi connectivity index (χ0) is 54.7. The van der Waals surface area contributed by atoms with Crippen LogP contribution in [0, 0.1) is 35.8 Å². The fourth-order valence-corrected chi connectivity index (χ4v) is 22.3. The Morgan fingerprint density at radius 1 is 0.417 bits per heavy atom. The normalized spacial score (nSPS) is 25.5. The van der Waals surface area contributed by atoms with Crippen LogP contribution in [-0.4, -0.2) is 8.80 Å². The van der Waals surface area contributed by atoms with Crippen LogP contribution in [0.15, 0.2) is 84.9 Å². The standard InChI is InChI=1S/C77H54N6O/c1-80-51-31-55-68(65-41-23-15-37(16-24-41)61(51)65)46-29-45-67-50(30-47-69-53(27-43(33-78)59-35-11-19-39(20-12-35)63(59)69)82-54-28-44(34-79)60-36-13-21-40(22-14-36)64(60)70(54)72(67)75(47)82)77(48-7-3-5-9-57(48)84-58-10-6-4-8-49(58)77)74(45)73-71-56(83(55)76(46)73)32-52(81-2)62-38-17-25-42(26-18-38)66(62)71/h3-10,27-32,35-42H,11-26H2. The van der Waals surface area contributed by atoms with E-state index < -0.39 is 5.41 Å². The molecule has 0 radical (unpaired) electrons. The van der Waals surface area contributed by atoms with Gasteiger partial charge in [0.25, 0.3) is 0 Å². The van der Waals surface area contributed by atoms with Crippen molar-refractivity contribution in [3.8, 4) is 34.8 Å². The minimum absolute atomic E-state index is 0.341. The van der Waals surface area contributed by atoms with Crippen molar-refractivity contribution in [2.45, 2.75) is 155 Å². The summed E-state index contributed by atoms with van der Waals surface area (Å²) >= 11 is 0. The highest BCUT2D eigenvalue weighted by molar-refractivity contribution is 6.34. The van der Waals surface area contributed by atoms with Crippen LogP contribution < -0.4 is 4.74 Å². The fraction of sp³-hybridized carbons (Fsp3) is 0.325. The first-order valence-electron chi connectivity index (χ1n) is 31.8. The zero-order valence-electron chi connectivity index (χ0n) is 46.6. The molecule has 7 heteroatoms. The van der Waals surface area contributed by atoms with Gasteiger partial charge in [-0.05, 0) is 265 Å². The number of fused-ring (bicyclic) bond motifs is 31. The van der Waals surface area contributed by atoms with Gasteiger partial charge in [-0.15, -0.1) is 0 Å². The van der Waals surface area contributed by atoms with Crippen LogP contribution in [0.25, 0.3) is 97.0 Å². The molecule has 8 aromatic carbocycles. The average molecular weight is 1080 g/mol. The maximum absolute atomic E-state index is 11.5. The van der Waals surface area contributed by atoms with Crippen LogP contribution in [-0.2, 0) is 5.41 Å². The van der Waals surface area contributed by atoms with Crippen molar-refractivity contribution in [2.75, 3.05) is 0 Å². The number of hydrogen-bond donors (Lipinski definition) is 0. The Morgan fingerprint density at radius 3 is 1.30 bits per heavy atom. The van der Waals surface area contributed by atoms with Gasteiger partial charge in [0.15, 0.2) is 11.4 Å². The lowest BCUT2D eigenvalue weighted by Crippen LogP contribution is -2.32. The lowest BCUT2D eigenvalue weighted by molar-refractivity contribution is 0.360. The number of nitrogens with zero attached hydrogens (tertiary/aromatic N) is 6. The summed E-state index contributed by atoms with van der Waals surface area (Å²) in [7, 11) is 0. The smallest absolute Gasteiger partial charge is 0.193 e. The molecule has 0 amide bonds. The Hall–Kier alpha value is -8.88. The molecule has 13 aliphatic carbocycles. The summed E-state index contributed by atoms with van der Waals surface area (Å²) in [5.41, 5.74) is 27.7. The third kappa shape index (κ3) is 4.68. The molecule has 0 N–H and O–H groups in total. The zero-order valence-corrected chi connectivity index (χ0v) is 46.6. The summed E-state index contributed by atoms with van der Waals surface area (Å²) in [6.45, 7) is 17.9. The molecule has 12 aromatic rings. The van der Waals surface area contributed by atoms with Crippen LogP contribution in [0.3, 0.4) is 0 Å². The minimum atomic E-state index is -0.874. The minimum Gasteiger partial charge on any atom is -0.457 e. The van der Waals surface area contributed by atoms with Gasteiger partial charge < -0.3 is 13.5 Å². The maximum atomic E-state index is 11.5. The average Bonchev–Trinajstić information content (AvgIpc) is 1.51. The van der Waals surface area contributed by atoms with E-state index in [2.05, 4.69) is 116 Å². The van der Waals surface area contributed by atoms with E-state index >= 15 is 0 Å². The largest absolute Gasteiger partial charge is 0.457 e. The number of aromatic nitrogens is 2. The molecule has 7 nitrogen and oxygen atoms in total. The monoisotopic (exact) mass is 1080 g/mol.